The highest BCUT2D eigenvalue weighted by Gasteiger charge is 2.27. The van der Waals surface area contributed by atoms with Crippen molar-refractivity contribution >= 4 is 12.0 Å². The fourth-order valence-electron chi connectivity index (χ4n) is 1.86. The second kappa shape index (κ2) is 7.92. The fraction of sp³-hybridized carbons (Fsp3) is 0.500. The molecule has 0 aliphatic heterocycles. The number of likely N-dealkylation sites (N-methyl/N-ethyl adjacent to an activating group) is 1. The van der Waals surface area contributed by atoms with Gasteiger partial charge in [-0.25, -0.2) is 14.2 Å². The third-order valence-corrected chi connectivity index (χ3v) is 2.90. The summed E-state index contributed by atoms with van der Waals surface area (Å²) in [5.41, 5.74) is -0.118. The Balaban J connectivity index is 2.89. The lowest BCUT2D eigenvalue weighted by atomic mass is 10.1. The number of ether oxygens (including phenoxy) is 1. The number of alkyl carbamates (subject to hydrolysis) is 1. The lowest BCUT2D eigenvalue weighted by Crippen LogP contribution is -2.49. The van der Waals surface area contributed by atoms with Gasteiger partial charge in [-0.2, -0.15) is 0 Å². The molecule has 0 aliphatic carbocycles. The third kappa shape index (κ3) is 6.65. The predicted molar refractivity (Wildman–Crippen MR) is 83.0 cm³/mol. The average molecular weight is 326 g/mol. The van der Waals surface area contributed by atoms with Crippen LogP contribution < -0.4 is 5.32 Å². The van der Waals surface area contributed by atoms with Crippen LogP contribution in [0.3, 0.4) is 0 Å². The maximum Gasteiger partial charge on any atom is 0.408 e. The number of carbonyl (C=O) groups is 2. The summed E-state index contributed by atoms with van der Waals surface area (Å²) in [7, 11) is 2.77. The van der Waals surface area contributed by atoms with Crippen molar-refractivity contribution in [3.63, 3.8) is 0 Å². The normalized spacial score (nSPS) is 12.4. The zero-order chi connectivity index (χ0) is 17.6. The maximum absolute atomic E-state index is 13.3. The van der Waals surface area contributed by atoms with E-state index in [0.29, 0.717) is 5.56 Å². The van der Waals surface area contributed by atoms with E-state index in [1.54, 1.807) is 32.9 Å². The van der Waals surface area contributed by atoms with Gasteiger partial charge in [-0.05, 0) is 38.5 Å². The lowest BCUT2D eigenvalue weighted by Gasteiger charge is -2.25. The first-order valence-electron chi connectivity index (χ1n) is 7.18. The van der Waals surface area contributed by atoms with Crippen LogP contribution in [0.1, 0.15) is 26.3 Å². The zero-order valence-corrected chi connectivity index (χ0v) is 14.1. The molecule has 0 fully saturated rings. The van der Waals surface area contributed by atoms with Gasteiger partial charge in [0, 0.05) is 13.5 Å². The van der Waals surface area contributed by atoms with Gasteiger partial charge >= 0.3 is 6.09 Å². The number of halogens is 1. The molecule has 1 aromatic rings. The van der Waals surface area contributed by atoms with Gasteiger partial charge in [0.1, 0.15) is 17.5 Å². The molecule has 2 amide bonds. The van der Waals surface area contributed by atoms with E-state index in [-0.39, 0.29) is 6.42 Å². The van der Waals surface area contributed by atoms with Crippen molar-refractivity contribution in [2.75, 3.05) is 14.2 Å². The van der Waals surface area contributed by atoms with Crippen molar-refractivity contribution in [1.29, 1.82) is 0 Å². The average Bonchev–Trinajstić information content (AvgIpc) is 2.43. The highest BCUT2D eigenvalue weighted by Crippen LogP contribution is 2.11. The lowest BCUT2D eigenvalue weighted by molar-refractivity contribution is -0.171. The Bertz CT molecular complexity index is 557. The first kappa shape index (κ1) is 18.9. The molecule has 6 nitrogen and oxygen atoms in total. The molecule has 1 aromatic carbocycles. The Morgan fingerprint density at radius 1 is 1.35 bits per heavy atom. The summed E-state index contributed by atoms with van der Waals surface area (Å²) < 4.78 is 18.5. The van der Waals surface area contributed by atoms with E-state index >= 15 is 0 Å². The summed E-state index contributed by atoms with van der Waals surface area (Å²) in [4.78, 5) is 29.1. The summed E-state index contributed by atoms with van der Waals surface area (Å²) in [5, 5.41) is 3.50. The van der Waals surface area contributed by atoms with E-state index in [1.165, 1.54) is 26.3 Å². The van der Waals surface area contributed by atoms with Crippen LogP contribution in [0.15, 0.2) is 24.3 Å². The van der Waals surface area contributed by atoms with Gasteiger partial charge in [-0.15, -0.1) is 0 Å². The molecule has 1 unspecified atom stereocenters. The van der Waals surface area contributed by atoms with Crippen molar-refractivity contribution in [1.82, 2.24) is 10.4 Å². The molecule has 23 heavy (non-hydrogen) atoms. The third-order valence-electron chi connectivity index (χ3n) is 2.90. The second-order valence-corrected chi connectivity index (χ2v) is 6.05. The van der Waals surface area contributed by atoms with Crippen molar-refractivity contribution in [3.05, 3.63) is 35.6 Å². The molecule has 128 valence electrons. The molecule has 0 bridgehead atoms. The van der Waals surface area contributed by atoms with Crippen molar-refractivity contribution < 1.29 is 23.6 Å². The van der Waals surface area contributed by atoms with E-state index in [0.717, 1.165) is 5.06 Å². The smallest absolute Gasteiger partial charge is 0.408 e. The van der Waals surface area contributed by atoms with Crippen LogP contribution in [-0.4, -0.2) is 42.9 Å². The Labute approximate surface area is 135 Å². The van der Waals surface area contributed by atoms with Gasteiger partial charge < -0.3 is 10.1 Å². The number of nitrogens with zero attached hydrogens (tertiary/aromatic N) is 1. The number of carbonyl (C=O) groups excluding carboxylic acids is 2. The summed E-state index contributed by atoms with van der Waals surface area (Å²) >= 11 is 0. The molecule has 0 heterocycles. The second-order valence-electron chi connectivity index (χ2n) is 6.05. The summed E-state index contributed by atoms with van der Waals surface area (Å²) in [5.74, 6) is -0.881. The van der Waals surface area contributed by atoms with Crippen LogP contribution in [0.4, 0.5) is 9.18 Å². The fourth-order valence-corrected chi connectivity index (χ4v) is 1.86. The first-order chi connectivity index (χ1) is 10.6. The number of amides is 2. The van der Waals surface area contributed by atoms with Crippen molar-refractivity contribution in [2.45, 2.75) is 38.8 Å². The van der Waals surface area contributed by atoms with Gasteiger partial charge in [-0.1, -0.05) is 12.1 Å². The monoisotopic (exact) mass is 326 g/mol. The minimum absolute atomic E-state index is 0.115. The Hall–Kier alpha value is -2.15. The summed E-state index contributed by atoms with van der Waals surface area (Å²) in [6.07, 6.45) is -0.611. The zero-order valence-electron chi connectivity index (χ0n) is 14.1. The molecule has 0 aliphatic rings. The molecule has 1 rings (SSSR count). The minimum Gasteiger partial charge on any atom is -0.444 e. The van der Waals surface area contributed by atoms with Crippen LogP contribution >= 0.6 is 0 Å². The van der Waals surface area contributed by atoms with E-state index in [4.69, 9.17) is 9.57 Å². The largest absolute Gasteiger partial charge is 0.444 e. The molecule has 1 N–H and O–H groups in total. The molecule has 0 spiro atoms. The number of nitrogens with one attached hydrogen (secondary N) is 1. The van der Waals surface area contributed by atoms with E-state index in [9.17, 15) is 14.0 Å². The van der Waals surface area contributed by atoms with Gasteiger partial charge in [0.25, 0.3) is 5.91 Å². The molecular formula is C16H23FN2O4. The molecule has 0 saturated carbocycles. The standard InChI is InChI=1S/C16H23FN2O4/c1-16(2,3)23-15(21)18-13(14(20)19(4)22-5)10-11-7-6-8-12(17)9-11/h6-9,13H,10H2,1-5H3,(H,18,21). The quantitative estimate of drug-likeness (QED) is 0.843. The van der Waals surface area contributed by atoms with Crippen LogP contribution in [-0.2, 0) is 20.8 Å². The molecule has 7 heteroatoms. The van der Waals surface area contributed by atoms with Gasteiger partial charge in [-0.3, -0.25) is 9.63 Å². The molecule has 0 saturated heterocycles. The molecule has 0 radical (unpaired) electrons. The van der Waals surface area contributed by atoms with Crippen LogP contribution in [0, 0.1) is 5.82 Å². The SMILES string of the molecule is CON(C)C(=O)C(Cc1cccc(F)c1)NC(=O)OC(C)(C)C. The highest BCUT2D eigenvalue weighted by atomic mass is 19.1. The van der Waals surface area contributed by atoms with Crippen molar-refractivity contribution in [3.8, 4) is 0 Å². The highest BCUT2D eigenvalue weighted by molar-refractivity contribution is 5.85. The maximum atomic E-state index is 13.3. The van der Waals surface area contributed by atoms with Crippen LogP contribution in [0.2, 0.25) is 0 Å². The Kier molecular flexibility index (Phi) is 6.50. The van der Waals surface area contributed by atoms with Gasteiger partial charge in [0.15, 0.2) is 0 Å². The number of hydrogen-bond acceptors (Lipinski definition) is 4. The topological polar surface area (TPSA) is 67.9 Å². The number of hydroxylamine groups is 2. The van der Waals surface area contributed by atoms with Gasteiger partial charge in [0.05, 0.1) is 7.11 Å². The summed E-state index contributed by atoms with van der Waals surface area (Å²) in [6, 6.07) is 4.90. The van der Waals surface area contributed by atoms with Crippen LogP contribution in [0.25, 0.3) is 0 Å². The summed E-state index contributed by atoms with van der Waals surface area (Å²) in [6.45, 7) is 5.16. The predicted octanol–water partition coefficient (Wildman–Crippen LogP) is 2.28. The number of rotatable bonds is 5. The number of hydrogen-bond donors (Lipinski definition) is 1. The van der Waals surface area contributed by atoms with E-state index in [1.807, 2.05) is 0 Å². The van der Waals surface area contributed by atoms with E-state index < -0.39 is 29.5 Å². The van der Waals surface area contributed by atoms with Crippen molar-refractivity contribution in [2.24, 2.45) is 0 Å². The van der Waals surface area contributed by atoms with Gasteiger partial charge in [0.2, 0.25) is 0 Å². The number of benzene rings is 1. The van der Waals surface area contributed by atoms with Crippen LogP contribution in [0.5, 0.6) is 0 Å². The Morgan fingerprint density at radius 3 is 2.52 bits per heavy atom. The molecule has 1 atom stereocenters. The first-order valence-corrected chi connectivity index (χ1v) is 7.18. The minimum atomic E-state index is -0.934. The Morgan fingerprint density at radius 2 is 2.00 bits per heavy atom. The molecule has 0 aromatic heterocycles. The van der Waals surface area contributed by atoms with E-state index in [2.05, 4.69) is 5.32 Å². The molecular weight excluding hydrogens is 303 g/mol.